The molecule has 0 aliphatic carbocycles. The number of hydrogen-bond donors (Lipinski definition) is 1. The summed E-state index contributed by atoms with van der Waals surface area (Å²) >= 11 is 0. The average Bonchev–Trinajstić information content (AvgIpc) is 1.84. The highest BCUT2D eigenvalue weighted by Gasteiger charge is 2.14. The highest BCUT2D eigenvalue weighted by molar-refractivity contribution is 4.74. The van der Waals surface area contributed by atoms with Gasteiger partial charge in [-0.2, -0.15) is 0 Å². The fourth-order valence-corrected chi connectivity index (χ4v) is 0.616. The van der Waals surface area contributed by atoms with Crippen molar-refractivity contribution < 1.29 is 4.74 Å². The SMILES string of the molecule is CC.CCOC1CNC1. The predicted molar refractivity (Wildman–Crippen MR) is 39.6 cm³/mol. The Hall–Kier alpha value is -0.0800. The Morgan fingerprint density at radius 3 is 2.11 bits per heavy atom. The Kier molecular flexibility index (Phi) is 5.99. The minimum absolute atomic E-state index is 0.519. The minimum atomic E-state index is 0.519. The summed E-state index contributed by atoms with van der Waals surface area (Å²) in [4.78, 5) is 0. The molecule has 56 valence electrons. The Labute approximate surface area is 57.6 Å². The fraction of sp³-hybridized carbons (Fsp3) is 1.00. The second kappa shape index (κ2) is 6.05. The molecule has 2 heteroatoms. The van der Waals surface area contributed by atoms with Crippen LogP contribution in [0.15, 0.2) is 0 Å². The molecule has 1 aliphatic heterocycles. The lowest BCUT2D eigenvalue weighted by Crippen LogP contribution is -2.48. The van der Waals surface area contributed by atoms with Gasteiger partial charge in [0.05, 0.1) is 6.10 Å². The summed E-state index contributed by atoms with van der Waals surface area (Å²) < 4.78 is 5.22. The molecule has 1 fully saturated rings. The monoisotopic (exact) mass is 131 g/mol. The summed E-state index contributed by atoms with van der Waals surface area (Å²) in [6.07, 6.45) is 0.519. The van der Waals surface area contributed by atoms with E-state index in [1.807, 2.05) is 20.8 Å². The molecular formula is C7H17NO. The number of hydrogen-bond acceptors (Lipinski definition) is 2. The highest BCUT2D eigenvalue weighted by atomic mass is 16.5. The van der Waals surface area contributed by atoms with Gasteiger partial charge in [-0.05, 0) is 6.92 Å². The molecule has 0 bridgehead atoms. The fourth-order valence-electron chi connectivity index (χ4n) is 0.616. The number of ether oxygens (including phenoxy) is 1. The maximum absolute atomic E-state index is 5.22. The molecule has 0 aromatic rings. The van der Waals surface area contributed by atoms with Crippen molar-refractivity contribution in [3.8, 4) is 0 Å². The number of nitrogens with one attached hydrogen (secondary N) is 1. The quantitative estimate of drug-likeness (QED) is 0.604. The summed E-state index contributed by atoms with van der Waals surface area (Å²) in [5.74, 6) is 0. The van der Waals surface area contributed by atoms with Crippen LogP contribution >= 0.6 is 0 Å². The van der Waals surface area contributed by atoms with Crippen molar-refractivity contribution in [2.45, 2.75) is 26.9 Å². The van der Waals surface area contributed by atoms with Crippen LogP contribution in [0.4, 0.5) is 0 Å². The van der Waals surface area contributed by atoms with E-state index >= 15 is 0 Å². The highest BCUT2D eigenvalue weighted by Crippen LogP contribution is 1.95. The molecule has 0 aromatic carbocycles. The van der Waals surface area contributed by atoms with E-state index < -0.39 is 0 Å². The van der Waals surface area contributed by atoms with Crippen LogP contribution in [-0.2, 0) is 4.74 Å². The van der Waals surface area contributed by atoms with Crippen molar-refractivity contribution in [2.75, 3.05) is 19.7 Å². The normalized spacial score (nSPS) is 17.7. The molecule has 0 unspecified atom stereocenters. The van der Waals surface area contributed by atoms with Crippen molar-refractivity contribution in [1.29, 1.82) is 0 Å². The molecule has 0 saturated carbocycles. The van der Waals surface area contributed by atoms with E-state index in [1.54, 1.807) is 0 Å². The summed E-state index contributed by atoms with van der Waals surface area (Å²) in [6, 6.07) is 0. The molecule has 0 atom stereocenters. The maximum Gasteiger partial charge on any atom is 0.0823 e. The third kappa shape index (κ3) is 3.49. The van der Waals surface area contributed by atoms with Gasteiger partial charge >= 0.3 is 0 Å². The smallest absolute Gasteiger partial charge is 0.0823 e. The second-order valence-corrected chi connectivity index (χ2v) is 1.74. The van der Waals surface area contributed by atoms with Crippen LogP contribution in [0.5, 0.6) is 0 Å². The molecule has 1 aliphatic rings. The molecule has 1 N–H and O–H groups in total. The largest absolute Gasteiger partial charge is 0.376 e. The first kappa shape index (κ1) is 8.92. The molecule has 9 heavy (non-hydrogen) atoms. The third-order valence-corrected chi connectivity index (χ3v) is 1.15. The van der Waals surface area contributed by atoms with Crippen LogP contribution in [0, 0.1) is 0 Å². The third-order valence-electron chi connectivity index (χ3n) is 1.15. The minimum Gasteiger partial charge on any atom is -0.376 e. The van der Waals surface area contributed by atoms with Gasteiger partial charge in [0.15, 0.2) is 0 Å². The van der Waals surface area contributed by atoms with Crippen molar-refractivity contribution in [1.82, 2.24) is 5.32 Å². The van der Waals surface area contributed by atoms with Gasteiger partial charge in [0.2, 0.25) is 0 Å². The van der Waals surface area contributed by atoms with Gasteiger partial charge in [0, 0.05) is 19.7 Å². The van der Waals surface area contributed by atoms with Crippen LogP contribution in [0.2, 0.25) is 0 Å². The first-order chi connectivity index (χ1) is 4.43. The summed E-state index contributed by atoms with van der Waals surface area (Å²) in [5.41, 5.74) is 0. The molecule has 1 heterocycles. The van der Waals surface area contributed by atoms with Gasteiger partial charge in [0.25, 0.3) is 0 Å². The van der Waals surface area contributed by atoms with E-state index in [-0.39, 0.29) is 0 Å². The topological polar surface area (TPSA) is 21.3 Å². The van der Waals surface area contributed by atoms with Crippen molar-refractivity contribution in [3.63, 3.8) is 0 Å². The zero-order valence-corrected chi connectivity index (χ0v) is 6.61. The molecule has 2 nitrogen and oxygen atoms in total. The summed E-state index contributed by atoms with van der Waals surface area (Å²) in [5, 5.41) is 3.12. The van der Waals surface area contributed by atoms with Crippen LogP contribution in [0.25, 0.3) is 0 Å². The van der Waals surface area contributed by atoms with Crippen molar-refractivity contribution in [3.05, 3.63) is 0 Å². The zero-order valence-electron chi connectivity index (χ0n) is 6.61. The first-order valence-electron chi connectivity index (χ1n) is 3.76. The van der Waals surface area contributed by atoms with Crippen molar-refractivity contribution in [2.24, 2.45) is 0 Å². The van der Waals surface area contributed by atoms with E-state index in [0.717, 1.165) is 19.7 Å². The molecule has 1 rings (SSSR count). The lowest BCUT2D eigenvalue weighted by molar-refractivity contribution is 0.0270. The molecular weight excluding hydrogens is 114 g/mol. The summed E-state index contributed by atoms with van der Waals surface area (Å²) in [6.45, 7) is 8.98. The van der Waals surface area contributed by atoms with E-state index in [4.69, 9.17) is 4.74 Å². The van der Waals surface area contributed by atoms with Crippen LogP contribution in [0.1, 0.15) is 20.8 Å². The second-order valence-electron chi connectivity index (χ2n) is 1.74. The molecule has 1 saturated heterocycles. The van der Waals surface area contributed by atoms with Gasteiger partial charge in [-0.1, -0.05) is 13.8 Å². The van der Waals surface area contributed by atoms with Crippen molar-refractivity contribution >= 4 is 0 Å². The van der Waals surface area contributed by atoms with Gasteiger partial charge in [-0.3, -0.25) is 0 Å². The number of rotatable bonds is 2. The predicted octanol–water partition coefficient (Wildman–Crippen LogP) is 1.02. The van der Waals surface area contributed by atoms with Gasteiger partial charge in [-0.25, -0.2) is 0 Å². The van der Waals surface area contributed by atoms with E-state index in [1.165, 1.54) is 0 Å². The van der Waals surface area contributed by atoms with E-state index in [9.17, 15) is 0 Å². The molecule has 0 amide bonds. The molecule has 0 spiro atoms. The average molecular weight is 131 g/mol. The van der Waals surface area contributed by atoms with Crippen LogP contribution < -0.4 is 5.32 Å². The zero-order chi connectivity index (χ0) is 7.11. The lowest BCUT2D eigenvalue weighted by Gasteiger charge is -2.26. The Morgan fingerprint density at radius 2 is 2.00 bits per heavy atom. The maximum atomic E-state index is 5.22. The van der Waals surface area contributed by atoms with Gasteiger partial charge < -0.3 is 10.1 Å². The Balaban J connectivity index is 0.000000291. The van der Waals surface area contributed by atoms with Crippen LogP contribution in [-0.4, -0.2) is 25.8 Å². The standard InChI is InChI=1S/C5H11NO.C2H6/c1-2-7-5-3-6-4-5;1-2/h5-6H,2-4H2,1H3;1-2H3. The van der Waals surface area contributed by atoms with Crippen LogP contribution in [0.3, 0.4) is 0 Å². The van der Waals surface area contributed by atoms with Gasteiger partial charge in [0.1, 0.15) is 0 Å². The summed E-state index contributed by atoms with van der Waals surface area (Å²) in [7, 11) is 0. The van der Waals surface area contributed by atoms with E-state index in [0.29, 0.717) is 6.10 Å². The van der Waals surface area contributed by atoms with Gasteiger partial charge in [-0.15, -0.1) is 0 Å². The Morgan fingerprint density at radius 1 is 1.44 bits per heavy atom. The Bertz CT molecular complexity index is 52.9. The molecule has 0 aromatic heterocycles. The lowest BCUT2D eigenvalue weighted by atomic mass is 10.2. The first-order valence-corrected chi connectivity index (χ1v) is 3.76. The van der Waals surface area contributed by atoms with E-state index in [2.05, 4.69) is 5.32 Å². The molecule has 0 radical (unpaired) electrons.